The van der Waals surface area contributed by atoms with Crippen LogP contribution in [0.4, 0.5) is 14.5 Å². The largest absolute Gasteiger partial charge is 0.318 e. The minimum Gasteiger partial charge on any atom is -0.318 e. The van der Waals surface area contributed by atoms with Crippen molar-refractivity contribution in [1.82, 2.24) is 9.97 Å². The van der Waals surface area contributed by atoms with E-state index >= 15 is 0 Å². The number of hydrogen-bond donors (Lipinski definition) is 1. The second-order valence-corrected chi connectivity index (χ2v) is 4.81. The second kappa shape index (κ2) is 6.15. The summed E-state index contributed by atoms with van der Waals surface area (Å²) in [5, 5.41) is 2.59. The zero-order valence-electron chi connectivity index (χ0n) is 10.2. The number of anilines is 1. The van der Waals surface area contributed by atoms with Crippen LogP contribution in [0.5, 0.6) is 0 Å². The summed E-state index contributed by atoms with van der Waals surface area (Å²) >= 11 is 7.05. The summed E-state index contributed by atoms with van der Waals surface area (Å²) in [6.07, 6.45) is 3.01. The Balaban J connectivity index is 2.30. The van der Waals surface area contributed by atoms with Crippen LogP contribution in [0.25, 0.3) is 0 Å². The van der Waals surface area contributed by atoms with Crippen molar-refractivity contribution < 1.29 is 13.6 Å². The molecule has 1 aromatic heterocycles. The molecule has 0 unspecified atom stereocenters. The molecule has 1 heterocycles. The van der Waals surface area contributed by atoms with Gasteiger partial charge in [0.1, 0.15) is 11.6 Å². The van der Waals surface area contributed by atoms with E-state index in [-0.39, 0.29) is 16.4 Å². The first-order valence-electron chi connectivity index (χ1n) is 5.34. The molecule has 8 heteroatoms. The Hall–Kier alpha value is -1.73. The lowest BCUT2D eigenvalue weighted by Gasteiger charge is -2.07. The fourth-order valence-corrected chi connectivity index (χ4v) is 1.90. The van der Waals surface area contributed by atoms with Crippen LogP contribution in [-0.2, 0) is 0 Å². The smallest absolute Gasteiger partial charge is 0.276 e. The summed E-state index contributed by atoms with van der Waals surface area (Å²) in [6.45, 7) is 0. The molecule has 0 saturated carbocycles. The predicted molar refractivity (Wildman–Crippen MR) is 73.1 cm³/mol. The molecule has 20 heavy (non-hydrogen) atoms. The third-order valence-corrected chi connectivity index (χ3v) is 3.13. The SMILES string of the molecule is CSc1ncc(Cl)c(C(=O)Nc2cc(F)ccc2F)n1. The molecule has 0 radical (unpaired) electrons. The number of halogens is 3. The van der Waals surface area contributed by atoms with Crippen molar-refractivity contribution in [2.24, 2.45) is 0 Å². The minimum absolute atomic E-state index is 0.0251. The van der Waals surface area contributed by atoms with Crippen LogP contribution in [0.1, 0.15) is 10.5 Å². The molecule has 0 saturated heterocycles. The Morgan fingerprint density at radius 3 is 2.85 bits per heavy atom. The minimum atomic E-state index is -0.755. The lowest BCUT2D eigenvalue weighted by atomic mass is 10.3. The molecule has 2 rings (SSSR count). The molecule has 0 atom stereocenters. The Labute approximate surface area is 122 Å². The van der Waals surface area contributed by atoms with E-state index in [0.29, 0.717) is 5.16 Å². The topological polar surface area (TPSA) is 54.9 Å². The van der Waals surface area contributed by atoms with E-state index < -0.39 is 17.5 Å². The number of aromatic nitrogens is 2. The van der Waals surface area contributed by atoms with Crippen LogP contribution in [0.2, 0.25) is 5.02 Å². The van der Waals surface area contributed by atoms with Crippen LogP contribution in [0, 0.1) is 11.6 Å². The van der Waals surface area contributed by atoms with Crippen LogP contribution < -0.4 is 5.32 Å². The zero-order valence-corrected chi connectivity index (χ0v) is 11.7. The van der Waals surface area contributed by atoms with Gasteiger partial charge in [0.15, 0.2) is 10.9 Å². The molecule has 0 fully saturated rings. The molecule has 0 aliphatic carbocycles. The maximum atomic E-state index is 13.4. The number of benzene rings is 1. The van der Waals surface area contributed by atoms with Gasteiger partial charge >= 0.3 is 0 Å². The van der Waals surface area contributed by atoms with Crippen LogP contribution in [0.3, 0.4) is 0 Å². The van der Waals surface area contributed by atoms with Crippen molar-refractivity contribution in [3.8, 4) is 0 Å². The number of nitrogens with one attached hydrogen (secondary N) is 1. The fourth-order valence-electron chi connectivity index (χ4n) is 1.38. The molecule has 1 amide bonds. The van der Waals surface area contributed by atoms with Gasteiger partial charge in [-0.25, -0.2) is 18.7 Å². The molecule has 0 spiro atoms. The fraction of sp³-hybridized carbons (Fsp3) is 0.0833. The van der Waals surface area contributed by atoms with E-state index in [1.54, 1.807) is 6.26 Å². The van der Waals surface area contributed by atoms with E-state index in [0.717, 1.165) is 18.2 Å². The number of carbonyl (C=O) groups excluding carboxylic acids is 1. The van der Waals surface area contributed by atoms with Gasteiger partial charge in [-0.15, -0.1) is 0 Å². The lowest BCUT2D eigenvalue weighted by Crippen LogP contribution is -2.16. The second-order valence-electron chi connectivity index (χ2n) is 3.63. The highest BCUT2D eigenvalue weighted by Crippen LogP contribution is 2.20. The molecule has 0 aliphatic heterocycles. The third-order valence-electron chi connectivity index (χ3n) is 2.30. The van der Waals surface area contributed by atoms with E-state index in [4.69, 9.17) is 11.6 Å². The van der Waals surface area contributed by atoms with Gasteiger partial charge in [0.25, 0.3) is 5.91 Å². The van der Waals surface area contributed by atoms with E-state index in [1.165, 1.54) is 18.0 Å². The highest BCUT2D eigenvalue weighted by atomic mass is 35.5. The van der Waals surface area contributed by atoms with Gasteiger partial charge in [-0.2, -0.15) is 0 Å². The first kappa shape index (κ1) is 14.7. The molecule has 4 nitrogen and oxygen atoms in total. The predicted octanol–water partition coefficient (Wildman–Crippen LogP) is 3.38. The van der Waals surface area contributed by atoms with Crippen molar-refractivity contribution in [1.29, 1.82) is 0 Å². The van der Waals surface area contributed by atoms with Gasteiger partial charge in [0, 0.05) is 6.07 Å². The molecule has 1 aromatic carbocycles. The molecule has 1 N–H and O–H groups in total. The monoisotopic (exact) mass is 315 g/mol. The van der Waals surface area contributed by atoms with Crippen LogP contribution >= 0.6 is 23.4 Å². The van der Waals surface area contributed by atoms with Gasteiger partial charge in [0.2, 0.25) is 0 Å². The molecule has 0 bridgehead atoms. The molecule has 2 aromatic rings. The zero-order chi connectivity index (χ0) is 14.7. The van der Waals surface area contributed by atoms with E-state index in [1.807, 2.05) is 0 Å². The van der Waals surface area contributed by atoms with Crippen molar-refractivity contribution in [2.45, 2.75) is 5.16 Å². The van der Waals surface area contributed by atoms with Crippen molar-refractivity contribution in [2.75, 3.05) is 11.6 Å². The van der Waals surface area contributed by atoms with Crippen molar-refractivity contribution >= 4 is 35.0 Å². The highest BCUT2D eigenvalue weighted by molar-refractivity contribution is 7.98. The van der Waals surface area contributed by atoms with Gasteiger partial charge in [-0.05, 0) is 18.4 Å². The molecular weight excluding hydrogens is 308 g/mol. The van der Waals surface area contributed by atoms with Gasteiger partial charge in [0.05, 0.1) is 16.9 Å². The number of nitrogens with zero attached hydrogens (tertiary/aromatic N) is 2. The normalized spacial score (nSPS) is 10.4. The number of rotatable bonds is 3. The van der Waals surface area contributed by atoms with Gasteiger partial charge in [-0.3, -0.25) is 4.79 Å². The number of thioether (sulfide) groups is 1. The first-order valence-corrected chi connectivity index (χ1v) is 6.94. The van der Waals surface area contributed by atoms with E-state index in [9.17, 15) is 13.6 Å². The Morgan fingerprint density at radius 1 is 1.40 bits per heavy atom. The lowest BCUT2D eigenvalue weighted by molar-refractivity contribution is 0.102. The van der Waals surface area contributed by atoms with Crippen LogP contribution in [0.15, 0.2) is 29.6 Å². The van der Waals surface area contributed by atoms with Crippen LogP contribution in [-0.4, -0.2) is 22.1 Å². The maximum Gasteiger partial charge on any atom is 0.276 e. The quantitative estimate of drug-likeness (QED) is 0.697. The number of carbonyl (C=O) groups is 1. The Kier molecular flexibility index (Phi) is 4.51. The Bertz CT molecular complexity index is 669. The number of hydrogen-bond acceptors (Lipinski definition) is 4. The first-order chi connectivity index (χ1) is 9.51. The standard InChI is InChI=1S/C12H8ClF2N3OS/c1-20-12-16-5-7(13)10(18-12)11(19)17-9-4-6(14)2-3-8(9)15/h2-5H,1H3,(H,17,19). The van der Waals surface area contributed by atoms with Gasteiger partial charge < -0.3 is 5.32 Å². The van der Waals surface area contributed by atoms with E-state index in [2.05, 4.69) is 15.3 Å². The van der Waals surface area contributed by atoms with Crippen molar-refractivity contribution in [3.05, 3.63) is 46.7 Å². The summed E-state index contributed by atoms with van der Waals surface area (Å²) in [6, 6.07) is 2.74. The summed E-state index contributed by atoms with van der Waals surface area (Å²) in [7, 11) is 0. The molecule has 0 aliphatic rings. The molecule has 104 valence electrons. The summed E-state index contributed by atoms with van der Waals surface area (Å²) in [4.78, 5) is 19.8. The highest BCUT2D eigenvalue weighted by Gasteiger charge is 2.16. The molecular formula is C12H8ClF2N3OS. The number of amides is 1. The van der Waals surface area contributed by atoms with Gasteiger partial charge in [-0.1, -0.05) is 23.4 Å². The summed E-state index contributed by atoms with van der Waals surface area (Å²) < 4.78 is 26.5. The third kappa shape index (κ3) is 3.23. The summed E-state index contributed by atoms with van der Waals surface area (Å²) in [5.41, 5.74) is -0.384. The summed E-state index contributed by atoms with van der Waals surface area (Å²) in [5.74, 6) is -2.16. The Morgan fingerprint density at radius 2 is 2.15 bits per heavy atom. The maximum absolute atomic E-state index is 13.4. The van der Waals surface area contributed by atoms with Crippen molar-refractivity contribution in [3.63, 3.8) is 0 Å². The average Bonchev–Trinajstić information content (AvgIpc) is 2.43. The average molecular weight is 316 g/mol.